The lowest BCUT2D eigenvalue weighted by atomic mass is 9.92. The monoisotopic (exact) mass is 275 g/mol. The van der Waals surface area contributed by atoms with Crippen LogP contribution in [0.15, 0.2) is 54.9 Å². The Hall–Kier alpha value is -2.35. The minimum Gasteiger partial charge on any atom is -0.236 e. The topological polar surface area (TPSA) is 8.81 Å². The van der Waals surface area contributed by atoms with E-state index in [2.05, 4.69) is 85.0 Å². The van der Waals surface area contributed by atoms with Crippen LogP contribution in [0.5, 0.6) is 0 Å². The van der Waals surface area contributed by atoms with E-state index in [0.29, 0.717) is 5.92 Å². The first kappa shape index (κ1) is 12.4. The number of rotatable bonds is 1. The van der Waals surface area contributed by atoms with Crippen molar-refractivity contribution in [3.8, 4) is 11.1 Å². The summed E-state index contributed by atoms with van der Waals surface area (Å²) < 4.78 is 4.48. The van der Waals surface area contributed by atoms with Crippen molar-refractivity contribution in [3.63, 3.8) is 0 Å². The van der Waals surface area contributed by atoms with Gasteiger partial charge in [-0.1, -0.05) is 42.5 Å². The van der Waals surface area contributed by atoms with Gasteiger partial charge in [-0.15, -0.1) is 0 Å². The lowest BCUT2D eigenvalue weighted by molar-refractivity contribution is -0.679. The molecule has 1 atom stereocenters. The van der Waals surface area contributed by atoms with Crippen LogP contribution in [0, 0.1) is 6.92 Å². The van der Waals surface area contributed by atoms with Crippen molar-refractivity contribution in [1.29, 1.82) is 0 Å². The lowest BCUT2D eigenvalue weighted by Crippen LogP contribution is -2.34. The molecule has 0 saturated heterocycles. The number of aryl methyl sites for hydroxylation is 3. The van der Waals surface area contributed by atoms with Crippen LogP contribution in [0.4, 0.5) is 0 Å². The Kier molecular flexibility index (Phi) is 2.55. The van der Waals surface area contributed by atoms with E-state index in [1.165, 1.54) is 33.6 Å². The molecule has 0 amide bonds. The highest BCUT2D eigenvalue weighted by molar-refractivity contribution is 5.81. The van der Waals surface area contributed by atoms with Crippen LogP contribution < -0.4 is 4.57 Å². The molecule has 1 aromatic heterocycles. The number of aromatic nitrogens is 2. The summed E-state index contributed by atoms with van der Waals surface area (Å²) in [6.07, 6.45) is 4.27. The Balaban J connectivity index is 2.09. The summed E-state index contributed by atoms with van der Waals surface area (Å²) in [7, 11) is 4.27. The Labute approximate surface area is 125 Å². The van der Waals surface area contributed by atoms with Crippen LogP contribution in [0.3, 0.4) is 0 Å². The molecule has 2 heteroatoms. The van der Waals surface area contributed by atoms with Gasteiger partial charge >= 0.3 is 0 Å². The molecule has 1 heterocycles. The molecule has 1 aliphatic rings. The first-order chi connectivity index (χ1) is 10.2. The van der Waals surface area contributed by atoms with E-state index in [9.17, 15) is 0 Å². The Morgan fingerprint density at radius 1 is 1.00 bits per heavy atom. The maximum absolute atomic E-state index is 2.27. The lowest BCUT2D eigenvalue weighted by Gasteiger charge is -2.13. The molecule has 0 aliphatic heterocycles. The van der Waals surface area contributed by atoms with Gasteiger partial charge in [-0.3, -0.25) is 0 Å². The first-order valence-electron chi connectivity index (χ1n) is 7.38. The van der Waals surface area contributed by atoms with E-state index < -0.39 is 0 Å². The Bertz CT molecular complexity index is 823. The summed E-state index contributed by atoms with van der Waals surface area (Å²) in [5.41, 5.74) is 7.00. The molecule has 3 aromatic rings. The molecule has 0 saturated carbocycles. The zero-order chi connectivity index (χ0) is 14.6. The van der Waals surface area contributed by atoms with Crippen molar-refractivity contribution >= 4 is 0 Å². The molecule has 21 heavy (non-hydrogen) atoms. The van der Waals surface area contributed by atoms with Gasteiger partial charge in [-0.2, -0.15) is 0 Å². The molecule has 0 N–H and O–H groups in total. The van der Waals surface area contributed by atoms with E-state index in [1.54, 1.807) is 0 Å². The average molecular weight is 275 g/mol. The summed E-state index contributed by atoms with van der Waals surface area (Å²) in [6.45, 7) is 2.22. The van der Waals surface area contributed by atoms with Gasteiger partial charge in [-0.05, 0) is 34.7 Å². The smallest absolute Gasteiger partial charge is 0.236 e. The standard InChI is InChI=1S/C19H19N2/c1-13-7-6-10-15-14-8-4-5-9-16(14)18(17(13)15)19-20(2)11-12-21(19)3/h4-12,18H,1-3H3/q+1. The maximum atomic E-state index is 2.27. The van der Waals surface area contributed by atoms with Gasteiger partial charge in [0.25, 0.3) is 5.82 Å². The number of benzene rings is 2. The second-order valence-corrected chi connectivity index (χ2v) is 5.93. The van der Waals surface area contributed by atoms with Crippen LogP contribution in [-0.2, 0) is 14.1 Å². The molecule has 0 radical (unpaired) electrons. The highest BCUT2D eigenvalue weighted by atomic mass is 15.1. The average Bonchev–Trinajstić information content (AvgIpc) is 2.98. The summed E-state index contributed by atoms with van der Waals surface area (Å²) in [5, 5.41) is 0. The largest absolute Gasteiger partial charge is 0.268 e. The second kappa shape index (κ2) is 4.32. The molecule has 4 rings (SSSR count). The fourth-order valence-corrected chi connectivity index (χ4v) is 3.73. The fourth-order valence-electron chi connectivity index (χ4n) is 3.73. The van der Waals surface area contributed by atoms with Gasteiger partial charge in [0.2, 0.25) is 0 Å². The van der Waals surface area contributed by atoms with Crippen LogP contribution in [0.2, 0.25) is 0 Å². The van der Waals surface area contributed by atoms with Crippen molar-refractivity contribution in [2.75, 3.05) is 0 Å². The van der Waals surface area contributed by atoms with Gasteiger partial charge < -0.3 is 0 Å². The number of fused-ring (bicyclic) bond motifs is 3. The van der Waals surface area contributed by atoms with Crippen LogP contribution in [0.25, 0.3) is 11.1 Å². The number of hydrogen-bond acceptors (Lipinski definition) is 0. The zero-order valence-corrected chi connectivity index (χ0v) is 12.7. The molecular weight excluding hydrogens is 256 g/mol. The highest BCUT2D eigenvalue weighted by Gasteiger charge is 2.37. The van der Waals surface area contributed by atoms with E-state index in [0.717, 1.165) is 0 Å². The van der Waals surface area contributed by atoms with E-state index in [1.807, 2.05) is 0 Å². The normalized spacial score (nSPS) is 15.9. The molecule has 2 aromatic carbocycles. The second-order valence-electron chi connectivity index (χ2n) is 5.93. The molecule has 1 unspecified atom stereocenters. The SMILES string of the molecule is Cc1cccc2c1C(c1n(C)cc[n+]1C)c1ccccc1-2. The van der Waals surface area contributed by atoms with Crippen molar-refractivity contribution in [2.24, 2.45) is 14.1 Å². The molecule has 104 valence electrons. The molecule has 1 aliphatic carbocycles. The quantitative estimate of drug-likeness (QED) is 0.471. The van der Waals surface area contributed by atoms with E-state index >= 15 is 0 Å². The van der Waals surface area contributed by atoms with E-state index in [-0.39, 0.29) is 0 Å². The highest BCUT2D eigenvalue weighted by Crippen LogP contribution is 2.48. The molecule has 0 fully saturated rings. The summed E-state index contributed by atoms with van der Waals surface area (Å²) >= 11 is 0. The molecule has 0 spiro atoms. The third kappa shape index (κ3) is 1.62. The molecular formula is C19H19N2+. The van der Waals surface area contributed by atoms with Gasteiger partial charge in [0, 0.05) is 0 Å². The molecule has 0 bridgehead atoms. The number of hydrogen-bond donors (Lipinski definition) is 0. The minimum absolute atomic E-state index is 0.322. The Morgan fingerprint density at radius 2 is 1.76 bits per heavy atom. The Morgan fingerprint density at radius 3 is 2.52 bits per heavy atom. The van der Waals surface area contributed by atoms with E-state index in [4.69, 9.17) is 0 Å². The van der Waals surface area contributed by atoms with Crippen LogP contribution in [-0.4, -0.2) is 4.57 Å². The maximum Gasteiger partial charge on any atom is 0.268 e. The number of nitrogens with zero attached hydrogens (tertiary/aromatic N) is 2. The number of imidazole rings is 1. The minimum atomic E-state index is 0.322. The van der Waals surface area contributed by atoms with Crippen molar-refractivity contribution < 1.29 is 4.57 Å². The van der Waals surface area contributed by atoms with Gasteiger partial charge in [0.15, 0.2) is 0 Å². The van der Waals surface area contributed by atoms with Crippen LogP contribution in [0.1, 0.15) is 28.4 Å². The zero-order valence-electron chi connectivity index (χ0n) is 12.7. The van der Waals surface area contributed by atoms with Gasteiger partial charge in [0.1, 0.15) is 18.3 Å². The van der Waals surface area contributed by atoms with Crippen LogP contribution >= 0.6 is 0 Å². The first-order valence-corrected chi connectivity index (χ1v) is 7.38. The third-order valence-electron chi connectivity index (χ3n) is 4.67. The van der Waals surface area contributed by atoms with Crippen molar-refractivity contribution in [1.82, 2.24) is 4.57 Å². The predicted molar refractivity (Wildman–Crippen MR) is 84.1 cm³/mol. The van der Waals surface area contributed by atoms with Crippen molar-refractivity contribution in [3.05, 3.63) is 77.4 Å². The fraction of sp³-hybridized carbons (Fsp3) is 0.211. The molecule has 2 nitrogen and oxygen atoms in total. The predicted octanol–water partition coefficient (Wildman–Crippen LogP) is 3.32. The third-order valence-corrected chi connectivity index (χ3v) is 4.67. The van der Waals surface area contributed by atoms with Gasteiger partial charge in [0.05, 0.1) is 14.1 Å². The van der Waals surface area contributed by atoms with Gasteiger partial charge in [-0.25, -0.2) is 9.13 Å². The summed E-state index contributed by atoms with van der Waals surface area (Å²) in [6, 6.07) is 15.4. The summed E-state index contributed by atoms with van der Waals surface area (Å²) in [4.78, 5) is 0. The summed E-state index contributed by atoms with van der Waals surface area (Å²) in [5.74, 6) is 1.65. The van der Waals surface area contributed by atoms with Crippen molar-refractivity contribution in [2.45, 2.75) is 12.8 Å².